The van der Waals surface area contributed by atoms with Crippen molar-refractivity contribution in [3.8, 4) is 6.07 Å². The molecule has 1 unspecified atom stereocenters. The highest BCUT2D eigenvalue weighted by Crippen LogP contribution is 2.21. The van der Waals surface area contributed by atoms with Crippen LogP contribution >= 0.6 is 11.3 Å². The molecule has 1 aromatic rings. The van der Waals surface area contributed by atoms with E-state index in [0.717, 1.165) is 11.6 Å². The number of nitriles is 1. The van der Waals surface area contributed by atoms with Gasteiger partial charge in [-0.25, -0.2) is 4.98 Å². The Labute approximate surface area is 82.6 Å². The summed E-state index contributed by atoms with van der Waals surface area (Å²) in [6.45, 7) is 2.77. The summed E-state index contributed by atoms with van der Waals surface area (Å²) in [5, 5.41) is 9.60. The van der Waals surface area contributed by atoms with E-state index in [4.69, 9.17) is 5.26 Å². The van der Waals surface area contributed by atoms with Crippen molar-refractivity contribution in [1.29, 1.82) is 5.26 Å². The van der Waals surface area contributed by atoms with Crippen molar-refractivity contribution in [2.75, 3.05) is 14.1 Å². The molecule has 13 heavy (non-hydrogen) atoms. The van der Waals surface area contributed by atoms with Gasteiger partial charge in [0.15, 0.2) is 0 Å². The highest BCUT2D eigenvalue weighted by molar-refractivity contribution is 7.11. The average Bonchev–Trinajstić information content (AvgIpc) is 2.50. The van der Waals surface area contributed by atoms with E-state index in [9.17, 15) is 0 Å². The second kappa shape index (κ2) is 4.35. The second-order valence-electron chi connectivity index (χ2n) is 3.25. The van der Waals surface area contributed by atoms with Gasteiger partial charge >= 0.3 is 0 Å². The Morgan fingerprint density at radius 1 is 1.69 bits per heavy atom. The van der Waals surface area contributed by atoms with Gasteiger partial charge in [-0.1, -0.05) is 0 Å². The highest BCUT2D eigenvalue weighted by atomic mass is 32.1. The Bertz CT molecular complexity index is 311. The van der Waals surface area contributed by atoms with Crippen LogP contribution in [0.2, 0.25) is 0 Å². The van der Waals surface area contributed by atoms with Gasteiger partial charge in [0.1, 0.15) is 5.01 Å². The number of aromatic nitrogens is 1. The van der Waals surface area contributed by atoms with Crippen molar-refractivity contribution in [2.45, 2.75) is 19.4 Å². The number of thiazole rings is 1. The first-order valence-corrected chi connectivity index (χ1v) is 4.94. The first-order valence-electron chi connectivity index (χ1n) is 4.12. The van der Waals surface area contributed by atoms with Gasteiger partial charge in [0.2, 0.25) is 0 Å². The molecule has 0 N–H and O–H groups in total. The van der Waals surface area contributed by atoms with E-state index in [2.05, 4.69) is 16.0 Å². The molecule has 0 aromatic carbocycles. The first-order chi connectivity index (χ1) is 6.13. The highest BCUT2D eigenvalue weighted by Gasteiger charge is 2.09. The van der Waals surface area contributed by atoms with Gasteiger partial charge in [-0.2, -0.15) is 5.26 Å². The smallest absolute Gasteiger partial charge is 0.110 e. The van der Waals surface area contributed by atoms with Crippen molar-refractivity contribution in [3.05, 3.63) is 16.1 Å². The Balaban J connectivity index is 2.70. The summed E-state index contributed by atoms with van der Waals surface area (Å²) in [6, 6.07) is 2.18. The van der Waals surface area contributed by atoms with E-state index < -0.39 is 0 Å². The number of hydrogen-bond donors (Lipinski definition) is 0. The fourth-order valence-corrected chi connectivity index (χ4v) is 1.99. The molecule has 0 bridgehead atoms. The molecule has 0 radical (unpaired) electrons. The van der Waals surface area contributed by atoms with Gasteiger partial charge in [-0.15, -0.1) is 11.3 Å². The Hall–Kier alpha value is -0.920. The maximum Gasteiger partial charge on any atom is 0.110 e. The third-order valence-corrected chi connectivity index (χ3v) is 2.77. The van der Waals surface area contributed by atoms with Crippen molar-refractivity contribution >= 4 is 11.3 Å². The molecule has 1 aromatic heterocycles. The topological polar surface area (TPSA) is 39.9 Å². The molecular formula is C9H13N3S. The van der Waals surface area contributed by atoms with Crippen LogP contribution < -0.4 is 0 Å². The zero-order chi connectivity index (χ0) is 9.84. The summed E-state index contributed by atoms with van der Waals surface area (Å²) >= 11 is 1.62. The van der Waals surface area contributed by atoms with Gasteiger partial charge in [-0.3, -0.25) is 0 Å². The van der Waals surface area contributed by atoms with Crippen LogP contribution in [0.25, 0.3) is 0 Å². The normalized spacial score (nSPS) is 12.8. The van der Waals surface area contributed by atoms with Crippen LogP contribution in [0.4, 0.5) is 0 Å². The Morgan fingerprint density at radius 2 is 2.38 bits per heavy atom. The number of rotatable bonds is 3. The summed E-state index contributed by atoms with van der Waals surface area (Å²) < 4.78 is 0. The summed E-state index contributed by atoms with van der Waals surface area (Å²) in [5.41, 5.74) is 0. The summed E-state index contributed by atoms with van der Waals surface area (Å²) in [7, 11) is 4.04. The lowest BCUT2D eigenvalue weighted by Crippen LogP contribution is -2.09. The molecule has 3 nitrogen and oxygen atoms in total. The molecule has 0 saturated carbocycles. The van der Waals surface area contributed by atoms with E-state index in [1.165, 1.54) is 4.88 Å². The SMILES string of the molecule is CC(C#N)c1ncc(CN(C)C)s1. The van der Waals surface area contributed by atoms with Gasteiger partial charge in [0.25, 0.3) is 0 Å². The Morgan fingerprint density at radius 3 is 2.92 bits per heavy atom. The standard InChI is InChI=1S/C9H13N3S/c1-7(4-10)9-11-5-8(13-9)6-12(2)3/h5,7H,6H2,1-3H3. The molecule has 0 aliphatic carbocycles. The molecule has 0 fully saturated rings. The molecule has 0 spiro atoms. The average molecular weight is 195 g/mol. The zero-order valence-corrected chi connectivity index (χ0v) is 8.93. The fraction of sp³-hybridized carbons (Fsp3) is 0.556. The lowest BCUT2D eigenvalue weighted by atomic mass is 10.2. The molecule has 0 aliphatic heterocycles. The lowest BCUT2D eigenvalue weighted by Gasteiger charge is -2.05. The third-order valence-electron chi connectivity index (χ3n) is 1.61. The number of hydrogen-bond acceptors (Lipinski definition) is 4. The predicted molar refractivity (Wildman–Crippen MR) is 53.5 cm³/mol. The predicted octanol–water partition coefficient (Wildman–Crippen LogP) is 1.83. The molecule has 4 heteroatoms. The van der Waals surface area contributed by atoms with Crippen molar-refractivity contribution < 1.29 is 0 Å². The minimum atomic E-state index is -0.0825. The van der Waals surface area contributed by atoms with Crippen LogP contribution in [0.3, 0.4) is 0 Å². The quantitative estimate of drug-likeness (QED) is 0.738. The van der Waals surface area contributed by atoms with Crippen LogP contribution in [0.15, 0.2) is 6.20 Å². The maximum atomic E-state index is 8.69. The van der Waals surface area contributed by atoms with Crippen molar-refractivity contribution in [2.24, 2.45) is 0 Å². The summed E-state index contributed by atoms with van der Waals surface area (Å²) in [4.78, 5) is 7.51. The van der Waals surface area contributed by atoms with Crippen LogP contribution in [0.5, 0.6) is 0 Å². The van der Waals surface area contributed by atoms with E-state index in [-0.39, 0.29) is 5.92 Å². The first kappa shape index (κ1) is 10.2. The van der Waals surface area contributed by atoms with Crippen LogP contribution in [0.1, 0.15) is 22.7 Å². The molecule has 0 amide bonds. The molecule has 0 saturated heterocycles. The van der Waals surface area contributed by atoms with Gasteiger partial charge < -0.3 is 4.90 Å². The zero-order valence-electron chi connectivity index (χ0n) is 8.11. The van der Waals surface area contributed by atoms with Gasteiger partial charge in [0, 0.05) is 17.6 Å². The molecule has 1 rings (SSSR count). The minimum Gasteiger partial charge on any atom is -0.304 e. The van der Waals surface area contributed by atoms with Gasteiger partial charge in [-0.05, 0) is 21.0 Å². The monoisotopic (exact) mass is 195 g/mol. The molecule has 0 aliphatic rings. The van der Waals surface area contributed by atoms with E-state index >= 15 is 0 Å². The van der Waals surface area contributed by atoms with Crippen LogP contribution in [-0.4, -0.2) is 24.0 Å². The van der Waals surface area contributed by atoms with Gasteiger partial charge in [0.05, 0.1) is 12.0 Å². The van der Waals surface area contributed by atoms with E-state index in [0.29, 0.717) is 0 Å². The Kier molecular flexibility index (Phi) is 3.40. The third kappa shape index (κ3) is 2.79. The summed E-state index contributed by atoms with van der Waals surface area (Å²) in [5.74, 6) is -0.0825. The summed E-state index contributed by atoms with van der Waals surface area (Å²) in [6.07, 6.45) is 1.86. The largest absolute Gasteiger partial charge is 0.304 e. The molecule has 1 atom stereocenters. The molecule has 70 valence electrons. The number of nitrogens with zero attached hydrogens (tertiary/aromatic N) is 3. The van der Waals surface area contributed by atoms with E-state index in [1.807, 2.05) is 27.2 Å². The van der Waals surface area contributed by atoms with E-state index in [1.54, 1.807) is 11.3 Å². The van der Waals surface area contributed by atoms with Crippen LogP contribution in [0, 0.1) is 11.3 Å². The lowest BCUT2D eigenvalue weighted by molar-refractivity contribution is 0.406. The minimum absolute atomic E-state index is 0.0825. The van der Waals surface area contributed by atoms with Crippen molar-refractivity contribution in [1.82, 2.24) is 9.88 Å². The maximum absolute atomic E-state index is 8.69. The van der Waals surface area contributed by atoms with Crippen molar-refractivity contribution in [3.63, 3.8) is 0 Å². The second-order valence-corrected chi connectivity index (χ2v) is 4.40. The molecule has 1 heterocycles. The fourth-order valence-electron chi connectivity index (χ4n) is 0.963. The van der Waals surface area contributed by atoms with Crippen LogP contribution in [-0.2, 0) is 6.54 Å². The molecular weight excluding hydrogens is 182 g/mol.